The highest BCUT2D eigenvalue weighted by atomic mass is 127. The molecular formula is C20H25ClFIN4O. The van der Waals surface area contributed by atoms with Gasteiger partial charge in [0.2, 0.25) is 0 Å². The van der Waals surface area contributed by atoms with Crippen LogP contribution in [0.15, 0.2) is 47.5 Å². The second kappa shape index (κ2) is 12.6. The molecule has 1 amide bonds. The maximum absolute atomic E-state index is 13.2. The number of benzene rings is 2. The third-order valence-corrected chi connectivity index (χ3v) is 4.16. The van der Waals surface area contributed by atoms with Crippen molar-refractivity contribution in [3.05, 3.63) is 70.0 Å². The van der Waals surface area contributed by atoms with Crippen LogP contribution in [0.3, 0.4) is 0 Å². The number of aliphatic imine (C=N–C) groups is 1. The molecule has 0 saturated heterocycles. The molecule has 0 aliphatic rings. The Kier molecular flexibility index (Phi) is 10.8. The molecule has 0 heterocycles. The number of carbonyl (C=O) groups excluding carboxylic acids is 1. The van der Waals surface area contributed by atoms with Gasteiger partial charge in [0.1, 0.15) is 5.82 Å². The molecule has 0 aliphatic carbocycles. The van der Waals surface area contributed by atoms with E-state index in [-0.39, 0.29) is 34.9 Å². The van der Waals surface area contributed by atoms with Crippen LogP contribution < -0.4 is 16.0 Å². The summed E-state index contributed by atoms with van der Waals surface area (Å²) in [7, 11) is 1.62. The number of rotatable bonds is 7. The number of nitrogens with one attached hydrogen (secondary N) is 3. The molecule has 152 valence electrons. The SMILES string of the molecule is CCNC(=NCc1ccc(F)c(Cl)c1)NCCc1cccc(C(=O)NC)c1.I. The molecule has 0 radical (unpaired) electrons. The second-order valence-corrected chi connectivity index (χ2v) is 6.31. The normalized spacial score (nSPS) is 10.8. The van der Waals surface area contributed by atoms with Crippen LogP contribution in [-0.4, -0.2) is 32.0 Å². The summed E-state index contributed by atoms with van der Waals surface area (Å²) in [5.74, 6) is 0.131. The zero-order chi connectivity index (χ0) is 19.6. The molecule has 2 rings (SSSR count). The highest BCUT2D eigenvalue weighted by molar-refractivity contribution is 14.0. The van der Waals surface area contributed by atoms with E-state index in [0.717, 1.165) is 24.1 Å². The number of hydrogen-bond donors (Lipinski definition) is 3. The molecule has 0 spiro atoms. The van der Waals surface area contributed by atoms with E-state index in [2.05, 4.69) is 20.9 Å². The van der Waals surface area contributed by atoms with Crippen LogP contribution in [0, 0.1) is 5.82 Å². The Labute approximate surface area is 187 Å². The first-order valence-corrected chi connectivity index (χ1v) is 9.18. The average molecular weight is 519 g/mol. The van der Waals surface area contributed by atoms with E-state index < -0.39 is 5.82 Å². The molecular weight excluding hydrogens is 494 g/mol. The fourth-order valence-corrected chi connectivity index (χ4v) is 2.69. The third kappa shape index (κ3) is 7.63. The molecule has 0 bridgehead atoms. The summed E-state index contributed by atoms with van der Waals surface area (Å²) in [5.41, 5.74) is 2.53. The van der Waals surface area contributed by atoms with E-state index in [9.17, 15) is 9.18 Å². The minimum absolute atomic E-state index is 0. The van der Waals surface area contributed by atoms with Crippen molar-refractivity contribution < 1.29 is 9.18 Å². The van der Waals surface area contributed by atoms with Gasteiger partial charge in [-0.05, 0) is 48.7 Å². The third-order valence-electron chi connectivity index (χ3n) is 3.87. The van der Waals surface area contributed by atoms with Gasteiger partial charge in [-0.2, -0.15) is 0 Å². The highest BCUT2D eigenvalue weighted by Gasteiger charge is 2.05. The van der Waals surface area contributed by atoms with Crippen molar-refractivity contribution in [3.8, 4) is 0 Å². The summed E-state index contributed by atoms with van der Waals surface area (Å²) in [6, 6.07) is 12.1. The Hall–Kier alpha value is -1.87. The Balaban J connectivity index is 0.00000392. The van der Waals surface area contributed by atoms with Gasteiger partial charge in [-0.1, -0.05) is 29.8 Å². The maximum atomic E-state index is 13.2. The van der Waals surface area contributed by atoms with Crippen molar-refractivity contribution in [2.24, 2.45) is 4.99 Å². The van der Waals surface area contributed by atoms with E-state index in [1.807, 2.05) is 25.1 Å². The Morgan fingerprint density at radius 2 is 1.93 bits per heavy atom. The van der Waals surface area contributed by atoms with Crippen LogP contribution in [-0.2, 0) is 13.0 Å². The van der Waals surface area contributed by atoms with Crippen LogP contribution >= 0.6 is 35.6 Å². The van der Waals surface area contributed by atoms with Crippen LogP contribution in [0.2, 0.25) is 5.02 Å². The number of guanidine groups is 1. The van der Waals surface area contributed by atoms with Gasteiger partial charge < -0.3 is 16.0 Å². The van der Waals surface area contributed by atoms with Gasteiger partial charge in [0, 0.05) is 25.7 Å². The van der Waals surface area contributed by atoms with E-state index in [0.29, 0.717) is 24.6 Å². The molecule has 0 aliphatic heterocycles. The summed E-state index contributed by atoms with van der Waals surface area (Å²) >= 11 is 5.80. The van der Waals surface area contributed by atoms with Crippen LogP contribution in [0.5, 0.6) is 0 Å². The first-order chi connectivity index (χ1) is 13.0. The molecule has 0 atom stereocenters. The molecule has 5 nitrogen and oxygen atoms in total. The molecule has 2 aromatic rings. The van der Waals surface area contributed by atoms with Crippen LogP contribution in [0.25, 0.3) is 0 Å². The van der Waals surface area contributed by atoms with E-state index in [1.165, 1.54) is 6.07 Å². The van der Waals surface area contributed by atoms with E-state index >= 15 is 0 Å². The predicted molar refractivity (Wildman–Crippen MR) is 123 cm³/mol. The molecule has 2 aromatic carbocycles. The van der Waals surface area contributed by atoms with Crippen molar-refractivity contribution in [3.63, 3.8) is 0 Å². The Bertz CT molecular complexity index is 817. The summed E-state index contributed by atoms with van der Waals surface area (Å²) < 4.78 is 13.2. The lowest BCUT2D eigenvalue weighted by molar-refractivity contribution is 0.0963. The zero-order valence-corrected chi connectivity index (χ0v) is 19.0. The quantitative estimate of drug-likeness (QED) is 0.297. The molecule has 8 heteroatoms. The Morgan fingerprint density at radius 1 is 1.14 bits per heavy atom. The Morgan fingerprint density at radius 3 is 2.61 bits per heavy atom. The van der Waals surface area contributed by atoms with Crippen molar-refractivity contribution in [2.45, 2.75) is 19.9 Å². The van der Waals surface area contributed by atoms with Gasteiger partial charge in [-0.15, -0.1) is 24.0 Å². The first kappa shape index (κ1) is 24.2. The molecule has 0 unspecified atom stereocenters. The van der Waals surface area contributed by atoms with E-state index in [4.69, 9.17) is 11.6 Å². The summed E-state index contributed by atoms with van der Waals surface area (Å²) in [6.45, 7) is 3.76. The highest BCUT2D eigenvalue weighted by Crippen LogP contribution is 2.16. The number of amides is 1. The second-order valence-electron chi connectivity index (χ2n) is 5.90. The van der Waals surface area contributed by atoms with Gasteiger partial charge in [-0.3, -0.25) is 4.79 Å². The zero-order valence-electron chi connectivity index (χ0n) is 15.9. The fraction of sp³-hybridized carbons (Fsp3) is 0.300. The van der Waals surface area contributed by atoms with Crippen molar-refractivity contribution in [1.29, 1.82) is 0 Å². The number of hydrogen-bond acceptors (Lipinski definition) is 2. The lowest BCUT2D eigenvalue weighted by Gasteiger charge is -2.12. The average Bonchev–Trinajstić information content (AvgIpc) is 2.68. The molecule has 28 heavy (non-hydrogen) atoms. The van der Waals surface area contributed by atoms with Gasteiger partial charge in [-0.25, -0.2) is 9.38 Å². The first-order valence-electron chi connectivity index (χ1n) is 8.80. The molecule has 0 aromatic heterocycles. The van der Waals surface area contributed by atoms with Crippen molar-refractivity contribution in [1.82, 2.24) is 16.0 Å². The number of halogens is 3. The minimum Gasteiger partial charge on any atom is -0.357 e. The maximum Gasteiger partial charge on any atom is 0.251 e. The summed E-state index contributed by atoms with van der Waals surface area (Å²) in [5, 5.41) is 9.15. The standard InChI is InChI=1S/C20H24ClFN4O.HI/c1-3-24-20(26-13-15-7-8-18(22)17(21)12-15)25-10-9-14-5-4-6-16(11-14)19(27)23-2;/h4-8,11-12H,3,9-10,13H2,1-2H3,(H,23,27)(H2,24,25,26);1H. The topological polar surface area (TPSA) is 65.5 Å². The number of nitrogens with zero attached hydrogens (tertiary/aromatic N) is 1. The molecule has 0 fully saturated rings. The van der Waals surface area contributed by atoms with Gasteiger partial charge in [0.15, 0.2) is 5.96 Å². The van der Waals surface area contributed by atoms with Gasteiger partial charge in [0.05, 0.1) is 11.6 Å². The van der Waals surface area contributed by atoms with Crippen molar-refractivity contribution >= 4 is 47.4 Å². The lowest BCUT2D eigenvalue weighted by atomic mass is 10.1. The summed E-state index contributed by atoms with van der Waals surface area (Å²) in [6.07, 6.45) is 0.748. The monoisotopic (exact) mass is 518 g/mol. The molecule has 3 N–H and O–H groups in total. The smallest absolute Gasteiger partial charge is 0.251 e. The predicted octanol–water partition coefficient (Wildman–Crippen LogP) is 3.75. The largest absolute Gasteiger partial charge is 0.357 e. The lowest BCUT2D eigenvalue weighted by Crippen LogP contribution is -2.38. The van der Waals surface area contributed by atoms with E-state index in [1.54, 1.807) is 25.2 Å². The molecule has 0 saturated carbocycles. The van der Waals surface area contributed by atoms with Gasteiger partial charge >= 0.3 is 0 Å². The number of carbonyl (C=O) groups is 1. The van der Waals surface area contributed by atoms with Crippen LogP contribution in [0.1, 0.15) is 28.4 Å². The minimum atomic E-state index is -0.437. The van der Waals surface area contributed by atoms with Gasteiger partial charge in [0.25, 0.3) is 5.91 Å². The fourth-order valence-electron chi connectivity index (χ4n) is 2.49. The van der Waals surface area contributed by atoms with Crippen LogP contribution in [0.4, 0.5) is 4.39 Å². The van der Waals surface area contributed by atoms with Crippen molar-refractivity contribution in [2.75, 3.05) is 20.1 Å². The summed E-state index contributed by atoms with van der Waals surface area (Å²) in [4.78, 5) is 16.2.